The van der Waals surface area contributed by atoms with Crippen molar-refractivity contribution in [2.24, 2.45) is 5.92 Å². The van der Waals surface area contributed by atoms with E-state index in [1.54, 1.807) is 6.92 Å². The van der Waals surface area contributed by atoms with Crippen LogP contribution in [-0.2, 0) is 18.9 Å². The first kappa shape index (κ1) is 19.9. The van der Waals surface area contributed by atoms with Crippen LogP contribution in [0.25, 0.3) is 0 Å². The van der Waals surface area contributed by atoms with Crippen LogP contribution in [0.4, 0.5) is 0 Å². The second-order valence-electron chi connectivity index (χ2n) is 6.11. The Labute approximate surface area is 139 Å². The van der Waals surface area contributed by atoms with Gasteiger partial charge in [0, 0.05) is 13.0 Å². The first-order chi connectivity index (χ1) is 11.3. The van der Waals surface area contributed by atoms with Crippen molar-refractivity contribution in [3.8, 4) is 0 Å². The molecule has 10 heteroatoms. The van der Waals surface area contributed by atoms with Gasteiger partial charge in [0.05, 0.1) is 25.4 Å². The van der Waals surface area contributed by atoms with Crippen LogP contribution in [0.3, 0.4) is 0 Å². The van der Waals surface area contributed by atoms with Gasteiger partial charge in [-0.3, -0.25) is 0 Å². The Kier molecular flexibility index (Phi) is 6.90. The summed E-state index contributed by atoms with van der Waals surface area (Å²) in [6, 6.07) is 0. The molecule has 24 heavy (non-hydrogen) atoms. The molecule has 0 spiro atoms. The van der Waals surface area contributed by atoms with Crippen LogP contribution in [0.1, 0.15) is 6.92 Å². The summed E-state index contributed by atoms with van der Waals surface area (Å²) in [7, 11) is 1.27. The highest BCUT2D eigenvalue weighted by Gasteiger charge is 2.49. The predicted molar refractivity (Wildman–Crippen MR) is 76.6 cm³/mol. The van der Waals surface area contributed by atoms with Gasteiger partial charge in [0.1, 0.15) is 30.5 Å². The van der Waals surface area contributed by atoms with Crippen molar-refractivity contribution in [1.82, 2.24) is 0 Å². The van der Waals surface area contributed by atoms with Gasteiger partial charge in [-0.25, -0.2) is 0 Å². The summed E-state index contributed by atoms with van der Waals surface area (Å²) in [5.41, 5.74) is 0. The Bertz CT molecular complexity index is 392. The molecular formula is C14H26O10. The monoisotopic (exact) mass is 354 g/mol. The molecule has 0 unspecified atom stereocenters. The first-order valence-corrected chi connectivity index (χ1v) is 7.78. The van der Waals surface area contributed by atoms with E-state index in [0.717, 1.165) is 0 Å². The number of methoxy groups -OCH3 is 1. The van der Waals surface area contributed by atoms with Gasteiger partial charge < -0.3 is 49.6 Å². The molecule has 0 radical (unpaired) electrons. The molecule has 0 bridgehead atoms. The van der Waals surface area contributed by atoms with Crippen LogP contribution in [0.5, 0.6) is 0 Å². The lowest BCUT2D eigenvalue weighted by atomic mass is 9.91. The van der Waals surface area contributed by atoms with E-state index in [9.17, 15) is 30.6 Å². The Hall–Kier alpha value is -0.400. The van der Waals surface area contributed by atoms with Crippen LogP contribution in [0.2, 0.25) is 0 Å². The summed E-state index contributed by atoms with van der Waals surface area (Å²) in [5.74, 6) is -0.533. The summed E-state index contributed by atoms with van der Waals surface area (Å²) < 4.78 is 21.1. The van der Waals surface area contributed by atoms with Gasteiger partial charge in [-0.1, -0.05) is 6.92 Å². The molecular weight excluding hydrogens is 328 g/mol. The minimum Gasteiger partial charge on any atom is -0.394 e. The molecule has 2 aliphatic heterocycles. The minimum atomic E-state index is -1.49. The zero-order valence-corrected chi connectivity index (χ0v) is 13.5. The maximum absolute atomic E-state index is 10.2. The maximum Gasteiger partial charge on any atom is 0.187 e. The van der Waals surface area contributed by atoms with Crippen LogP contribution in [0.15, 0.2) is 0 Å². The SMILES string of the molecule is CO[C@H]1O[C@H](CO)[C@H](O[C@H]2O[C@H](CO)[C@H](C)[C@@H](O)[C@@H]2O)[C@H](O)[C@H]1O. The number of aliphatic hydroxyl groups is 6. The highest BCUT2D eigenvalue weighted by molar-refractivity contribution is 4.93. The van der Waals surface area contributed by atoms with Crippen LogP contribution >= 0.6 is 0 Å². The van der Waals surface area contributed by atoms with E-state index in [-0.39, 0.29) is 0 Å². The maximum atomic E-state index is 10.2. The lowest BCUT2D eigenvalue weighted by Gasteiger charge is -2.46. The van der Waals surface area contributed by atoms with Crippen molar-refractivity contribution >= 4 is 0 Å². The van der Waals surface area contributed by atoms with E-state index >= 15 is 0 Å². The molecule has 0 aromatic carbocycles. The molecule has 0 aliphatic carbocycles. The fourth-order valence-electron chi connectivity index (χ4n) is 2.96. The molecule has 0 aromatic heterocycles. The smallest absolute Gasteiger partial charge is 0.187 e. The number of ether oxygens (including phenoxy) is 4. The number of hydrogen-bond acceptors (Lipinski definition) is 10. The lowest BCUT2D eigenvalue weighted by molar-refractivity contribution is -0.353. The van der Waals surface area contributed by atoms with Gasteiger partial charge in [-0.05, 0) is 0 Å². The molecule has 10 nitrogen and oxygen atoms in total. The Morgan fingerprint density at radius 3 is 1.88 bits per heavy atom. The molecule has 0 amide bonds. The van der Waals surface area contributed by atoms with Gasteiger partial charge in [0.25, 0.3) is 0 Å². The Balaban J connectivity index is 2.12. The van der Waals surface area contributed by atoms with Gasteiger partial charge in [-0.15, -0.1) is 0 Å². The largest absolute Gasteiger partial charge is 0.394 e. The van der Waals surface area contributed by atoms with Crippen LogP contribution < -0.4 is 0 Å². The Morgan fingerprint density at radius 2 is 1.33 bits per heavy atom. The van der Waals surface area contributed by atoms with E-state index in [1.807, 2.05) is 0 Å². The molecule has 10 atom stereocenters. The predicted octanol–water partition coefficient (Wildman–Crippen LogP) is -3.47. The second-order valence-corrected chi connectivity index (χ2v) is 6.11. The van der Waals surface area contributed by atoms with Gasteiger partial charge in [0.2, 0.25) is 0 Å². The Morgan fingerprint density at radius 1 is 0.792 bits per heavy atom. The van der Waals surface area contributed by atoms with E-state index in [0.29, 0.717) is 0 Å². The van der Waals surface area contributed by atoms with E-state index in [2.05, 4.69) is 0 Å². The van der Waals surface area contributed by atoms with Gasteiger partial charge in [-0.2, -0.15) is 0 Å². The number of aliphatic hydroxyl groups excluding tert-OH is 6. The summed E-state index contributed by atoms with van der Waals surface area (Å²) >= 11 is 0. The lowest BCUT2D eigenvalue weighted by Crippen LogP contribution is -2.63. The average molecular weight is 354 g/mol. The van der Waals surface area contributed by atoms with Gasteiger partial charge in [0.15, 0.2) is 12.6 Å². The topological polar surface area (TPSA) is 158 Å². The molecule has 0 aromatic rings. The fourth-order valence-corrected chi connectivity index (χ4v) is 2.96. The fraction of sp³-hybridized carbons (Fsp3) is 1.00. The molecule has 2 heterocycles. The molecule has 0 saturated carbocycles. The summed E-state index contributed by atoms with van der Waals surface area (Å²) in [6.07, 6.45) is -11.2. The summed E-state index contributed by atoms with van der Waals surface area (Å²) in [6.45, 7) is 0.666. The van der Waals surface area contributed by atoms with Crippen LogP contribution in [0, 0.1) is 5.92 Å². The third kappa shape index (κ3) is 3.73. The summed E-state index contributed by atoms with van der Waals surface area (Å²) in [4.78, 5) is 0. The molecule has 6 N–H and O–H groups in total. The third-order valence-electron chi connectivity index (χ3n) is 4.59. The normalized spacial score (nSPS) is 50.0. The third-order valence-corrected chi connectivity index (χ3v) is 4.59. The zero-order valence-electron chi connectivity index (χ0n) is 13.5. The van der Waals surface area contributed by atoms with Crippen molar-refractivity contribution in [2.45, 2.75) is 62.2 Å². The molecule has 142 valence electrons. The highest BCUT2D eigenvalue weighted by atomic mass is 16.7. The van der Waals surface area contributed by atoms with Crippen molar-refractivity contribution in [3.05, 3.63) is 0 Å². The quantitative estimate of drug-likeness (QED) is 0.293. The van der Waals surface area contributed by atoms with Crippen molar-refractivity contribution < 1.29 is 49.6 Å². The van der Waals surface area contributed by atoms with Crippen molar-refractivity contribution in [3.63, 3.8) is 0 Å². The van der Waals surface area contributed by atoms with Crippen molar-refractivity contribution in [2.75, 3.05) is 20.3 Å². The molecule has 2 fully saturated rings. The standard InChI is InChI=1S/C14H26O10/c1-5-6(3-15)22-14(10(19)8(5)17)24-12-7(4-16)23-13(21-2)11(20)9(12)18/h5-20H,3-4H2,1-2H3/t5-,6+,7+,8+,9+,10-,11+,12-,13-,14+/m0/s1. The number of rotatable bonds is 5. The average Bonchev–Trinajstić information content (AvgIpc) is 2.59. The summed E-state index contributed by atoms with van der Waals surface area (Å²) in [5, 5.41) is 59.0. The molecule has 2 rings (SSSR count). The first-order valence-electron chi connectivity index (χ1n) is 7.78. The molecule has 2 aliphatic rings. The highest BCUT2D eigenvalue weighted by Crippen LogP contribution is 2.31. The molecule has 2 saturated heterocycles. The minimum absolute atomic E-state index is 0.396. The van der Waals surface area contributed by atoms with E-state index in [4.69, 9.17) is 18.9 Å². The van der Waals surface area contributed by atoms with Gasteiger partial charge >= 0.3 is 0 Å². The van der Waals surface area contributed by atoms with E-state index in [1.165, 1.54) is 7.11 Å². The van der Waals surface area contributed by atoms with Crippen molar-refractivity contribution in [1.29, 1.82) is 0 Å². The second kappa shape index (κ2) is 8.32. The zero-order chi connectivity index (χ0) is 18.0. The number of hydrogen-bond donors (Lipinski definition) is 6. The van der Waals surface area contributed by atoms with Crippen LogP contribution in [-0.4, -0.2) is 106 Å². The van der Waals surface area contributed by atoms with E-state index < -0.39 is 74.4 Å².